The lowest BCUT2D eigenvalue weighted by Gasteiger charge is -2.23. The molecule has 0 unspecified atom stereocenters. The van der Waals surface area contributed by atoms with Crippen LogP contribution in [0.5, 0.6) is 0 Å². The van der Waals surface area contributed by atoms with Gasteiger partial charge in [-0.05, 0) is 30.2 Å². The Bertz CT molecular complexity index is 731. The minimum absolute atomic E-state index is 0.174. The van der Waals surface area contributed by atoms with Crippen LogP contribution < -0.4 is 0 Å². The molecular formula is C15H13F2NO2. The van der Waals surface area contributed by atoms with Crippen LogP contribution in [-0.4, -0.2) is 22.7 Å². The Morgan fingerprint density at radius 1 is 1.40 bits per heavy atom. The smallest absolute Gasteiger partial charge is 0.252 e. The van der Waals surface area contributed by atoms with Gasteiger partial charge in [-0.15, -0.1) is 0 Å². The molecule has 0 aliphatic heterocycles. The summed E-state index contributed by atoms with van der Waals surface area (Å²) in [5.74, 6) is -2.94. The predicted molar refractivity (Wildman–Crippen MR) is 70.6 cm³/mol. The molecule has 3 rings (SSSR count). The van der Waals surface area contributed by atoms with Crippen molar-refractivity contribution < 1.29 is 18.4 Å². The third-order valence-corrected chi connectivity index (χ3v) is 3.82. The van der Waals surface area contributed by atoms with Gasteiger partial charge >= 0.3 is 0 Å². The summed E-state index contributed by atoms with van der Waals surface area (Å²) in [7, 11) is 0. The average molecular weight is 277 g/mol. The van der Waals surface area contributed by atoms with Crippen molar-refractivity contribution in [1.29, 1.82) is 0 Å². The number of halogens is 2. The number of aldehydes is 1. The molecule has 1 aromatic heterocycles. The van der Waals surface area contributed by atoms with E-state index in [-0.39, 0.29) is 25.2 Å². The van der Waals surface area contributed by atoms with E-state index in [9.17, 15) is 18.4 Å². The molecule has 2 aromatic rings. The second-order valence-corrected chi connectivity index (χ2v) is 5.21. The molecular weight excluding hydrogens is 264 g/mol. The van der Waals surface area contributed by atoms with Crippen molar-refractivity contribution in [3.63, 3.8) is 0 Å². The summed E-state index contributed by atoms with van der Waals surface area (Å²) in [4.78, 5) is 22.7. The van der Waals surface area contributed by atoms with Crippen molar-refractivity contribution >= 4 is 23.1 Å². The number of carbonyl (C=O) groups excluding carboxylic acids is 2. The minimum Gasteiger partial charge on any atom is -0.298 e. The highest BCUT2D eigenvalue weighted by atomic mass is 19.3. The van der Waals surface area contributed by atoms with Gasteiger partial charge in [0.25, 0.3) is 5.92 Å². The number of carbonyl (C=O) groups is 2. The fourth-order valence-electron chi connectivity index (χ4n) is 2.97. The molecule has 0 bridgehead atoms. The summed E-state index contributed by atoms with van der Waals surface area (Å²) in [6, 6.07) is 4.83. The van der Waals surface area contributed by atoms with E-state index in [1.807, 2.05) is 0 Å². The van der Waals surface area contributed by atoms with Crippen LogP contribution in [0, 0.1) is 0 Å². The van der Waals surface area contributed by atoms with Crippen molar-refractivity contribution in [3.05, 3.63) is 35.0 Å². The zero-order valence-corrected chi connectivity index (χ0v) is 11.0. The van der Waals surface area contributed by atoms with Gasteiger partial charge in [-0.3, -0.25) is 14.2 Å². The number of hydrogen-bond donors (Lipinski definition) is 0. The molecule has 104 valence electrons. The molecule has 1 heterocycles. The number of alkyl halides is 2. The first-order valence-corrected chi connectivity index (χ1v) is 6.43. The molecule has 1 aliphatic rings. The lowest BCUT2D eigenvalue weighted by molar-refractivity contribution is -0.0125. The van der Waals surface area contributed by atoms with E-state index in [1.54, 1.807) is 18.2 Å². The van der Waals surface area contributed by atoms with E-state index in [1.165, 1.54) is 11.5 Å². The van der Waals surface area contributed by atoms with Gasteiger partial charge in [0, 0.05) is 36.4 Å². The van der Waals surface area contributed by atoms with Crippen LogP contribution in [0.2, 0.25) is 0 Å². The molecule has 3 nitrogen and oxygen atoms in total. The van der Waals surface area contributed by atoms with Crippen LogP contribution in [0.15, 0.2) is 18.2 Å². The van der Waals surface area contributed by atoms with Crippen molar-refractivity contribution in [2.45, 2.75) is 32.1 Å². The summed E-state index contributed by atoms with van der Waals surface area (Å²) < 4.78 is 28.8. The first-order valence-electron chi connectivity index (χ1n) is 6.43. The molecule has 1 aliphatic carbocycles. The Hall–Kier alpha value is -2.04. The lowest BCUT2D eigenvalue weighted by atomic mass is 9.92. The minimum atomic E-state index is -2.75. The molecule has 5 heteroatoms. The van der Waals surface area contributed by atoms with E-state index in [4.69, 9.17) is 0 Å². The maximum atomic E-state index is 13.6. The number of rotatable bonds is 1. The topological polar surface area (TPSA) is 39.1 Å². The van der Waals surface area contributed by atoms with Crippen molar-refractivity contribution in [2.24, 2.45) is 0 Å². The van der Waals surface area contributed by atoms with Crippen LogP contribution >= 0.6 is 0 Å². The fourth-order valence-corrected chi connectivity index (χ4v) is 2.97. The largest absolute Gasteiger partial charge is 0.298 e. The Morgan fingerprint density at radius 3 is 2.80 bits per heavy atom. The second kappa shape index (κ2) is 4.23. The molecule has 0 radical (unpaired) electrons. The second-order valence-electron chi connectivity index (χ2n) is 5.21. The molecule has 0 saturated carbocycles. The Labute approximate surface area is 114 Å². The first kappa shape index (κ1) is 13.0. The van der Waals surface area contributed by atoms with Crippen molar-refractivity contribution in [1.82, 2.24) is 4.57 Å². The first-order chi connectivity index (χ1) is 9.43. The maximum absolute atomic E-state index is 13.6. The summed E-state index contributed by atoms with van der Waals surface area (Å²) in [5.41, 5.74) is 2.18. The van der Waals surface area contributed by atoms with E-state index in [2.05, 4.69) is 0 Å². The lowest BCUT2D eigenvalue weighted by Crippen LogP contribution is -2.27. The van der Waals surface area contributed by atoms with Crippen LogP contribution in [0.4, 0.5) is 8.78 Å². The van der Waals surface area contributed by atoms with Gasteiger partial charge in [-0.1, -0.05) is 0 Å². The van der Waals surface area contributed by atoms with Gasteiger partial charge in [-0.25, -0.2) is 8.78 Å². The van der Waals surface area contributed by atoms with Gasteiger partial charge in [-0.2, -0.15) is 0 Å². The number of fused-ring (bicyclic) bond motifs is 3. The molecule has 0 amide bonds. The van der Waals surface area contributed by atoms with Crippen LogP contribution in [0.1, 0.15) is 39.8 Å². The van der Waals surface area contributed by atoms with Crippen LogP contribution in [0.3, 0.4) is 0 Å². The number of nitrogens with zero attached hydrogens (tertiary/aromatic N) is 1. The molecule has 0 saturated heterocycles. The third kappa shape index (κ3) is 1.85. The van der Waals surface area contributed by atoms with E-state index in [0.29, 0.717) is 34.0 Å². The number of benzene rings is 1. The Kier molecular flexibility index (Phi) is 2.74. The molecule has 0 N–H and O–H groups in total. The number of aromatic nitrogens is 1. The zero-order chi connectivity index (χ0) is 14.5. The molecule has 0 spiro atoms. The van der Waals surface area contributed by atoms with Crippen molar-refractivity contribution in [2.75, 3.05) is 0 Å². The van der Waals surface area contributed by atoms with Crippen LogP contribution in [-0.2, 0) is 12.8 Å². The summed E-state index contributed by atoms with van der Waals surface area (Å²) in [5, 5.41) is 0.583. The number of hydrogen-bond acceptors (Lipinski definition) is 2. The standard InChI is InChI=1S/C15H13F2NO2/c1-9(20)18-13-3-2-10(8-19)6-11(13)12-7-15(16,17)5-4-14(12)18/h2-3,6,8H,4-5,7H2,1H3. The summed E-state index contributed by atoms with van der Waals surface area (Å²) >= 11 is 0. The normalized spacial score (nSPS) is 16.9. The molecule has 1 aromatic carbocycles. The quantitative estimate of drug-likeness (QED) is 0.751. The highest BCUT2D eigenvalue weighted by molar-refractivity contribution is 5.97. The zero-order valence-electron chi connectivity index (χ0n) is 11.0. The summed E-state index contributed by atoms with van der Waals surface area (Å²) in [6.07, 6.45) is 0.233. The monoisotopic (exact) mass is 277 g/mol. The highest BCUT2D eigenvalue weighted by Crippen LogP contribution is 2.38. The van der Waals surface area contributed by atoms with Gasteiger partial charge in [0.1, 0.15) is 6.29 Å². The predicted octanol–water partition coefficient (Wildman–Crippen LogP) is 3.24. The average Bonchev–Trinajstić information content (AvgIpc) is 2.70. The molecule has 20 heavy (non-hydrogen) atoms. The van der Waals surface area contributed by atoms with Gasteiger partial charge in [0.2, 0.25) is 5.91 Å². The maximum Gasteiger partial charge on any atom is 0.252 e. The van der Waals surface area contributed by atoms with Gasteiger partial charge < -0.3 is 0 Å². The van der Waals surface area contributed by atoms with Crippen molar-refractivity contribution in [3.8, 4) is 0 Å². The summed E-state index contributed by atoms with van der Waals surface area (Å²) in [6.45, 7) is 1.42. The van der Waals surface area contributed by atoms with Crippen LogP contribution in [0.25, 0.3) is 10.9 Å². The van der Waals surface area contributed by atoms with E-state index in [0.717, 1.165) is 0 Å². The van der Waals surface area contributed by atoms with E-state index >= 15 is 0 Å². The van der Waals surface area contributed by atoms with Gasteiger partial charge in [0.05, 0.1) is 5.52 Å². The Morgan fingerprint density at radius 2 is 2.15 bits per heavy atom. The molecule has 0 atom stereocenters. The van der Waals surface area contributed by atoms with E-state index < -0.39 is 5.92 Å². The fraction of sp³-hybridized carbons (Fsp3) is 0.333. The molecule has 0 fully saturated rings. The van der Waals surface area contributed by atoms with Gasteiger partial charge in [0.15, 0.2) is 0 Å². The Balaban J connectivity index is 2.35. The SMILES string of the molecule is CC(=O)n1c2c(c3cc(C=O)ccc31)CC(F)(F)CC2. The third-order valence-electron chi connectivity index (χ3n) is 3.82. The highest BCUT2D eigenvalue weighted by Gasteiger charge is 2.37.